The Morgan fingerprint density at radius 1 is 1.25 bits per heavy atom. The van der Waals surface area contributed by atoms with Crippen LogP contribution in [0.25, 0.3) is 10.9 Å². The predicted molar refractivity (Wildman–Crippen MR) is 121 cm³/mol. The van der Waals surface area contributed by atoms with Crippen LogP contribution in [-0.4, -0.2) is 47.0 Å². The fourth-order valence-corrected chi connectivity index (χ4v) is 6.90. The zero-order valence-electron chi connectivity index (χ0n) is 18.9. The number of methoxy groups -OCH3 is 1. The molecule has 0 aliphatic heterocycles. The standard InChI is InChI=1S/C25H32N2O5/c1-3-32-8-7-27-14-19(22(28)18-5-4-6-20(31-2)21(18)27)23(29)26-24-10-16-9-17(11-24)13-25(30,12-16)15-24/h4-6,14,16-17,30H,3,7-13,15H2,1-2H3,(H,26,29)/t16-,17+,24?,25?. The van der Waals surface area contributed by atoms with E-state index in [-0.39, 0.29) is 16.9 Å². The number of benzene rings is 1. The summed E-state index contributed by atoms with van der Waals surface area (Å²) in [6.07, 6.45) is 6.80. The third kappa shape index (κ3) is 3.61. The number of hydrogen-bond donors (Lipinski definition) is 2. The summed E-state index contributed by atoms with van der Waals surface area (Å²) in [5, 5.41) is 14.7. The van der Waals surface area contributed by atoms with Gasteiger partial charge in [0.1, 0.15) is 11.3 Å². The molecule has 1 amide bonds. The zero-order chi connectivity index (χ0) is 22.5. The number of fused-ring (bicyclic) bond motifs is 1. The minimum Gasteiger partial charge on any atom is -0.495 e. The summed E-state index contributed by atoms with van der Waals surface area (Å²) in [5.41, 5.74) is -0.592. The number of rotatable bonds is 7. The molecule has 2 aromatic rings. The van der Waals surface area contributed by atoms with E-state index in [0.717, 1.165) is 32.1 Å². The number of ether oxygens (including phenoxy) is 2. The Bertz CT molecular complexity index is 1090. The van der Waals surface area contributed by atoms with E-state index in [1.54, 1.807) is 25.4 Å². The molecule has 4 aliphatic rings. The molecule has 0 radical (unpaired) electrons. The summed E-state index contributed by atoms with van der Waals surface area (Å²) in [7, 11) is 1.57. The molecule has 172 valence electrons. The largest absolute Gasteiger partial charge is 0.495 e. The van der Waals surface area contributed by atoms with E-state index in [1.807, 2.05) is 17.6 Å². The maximum atomic E-state index is 13.5. The van der Waals surface area contributed by atoms with Crippen LogP contribution in [0.1, 0.15) is 55.8 Å². The molecule has 4 atom stereocenters. The molecular formula is C25H32N2O5. The van der Waals surface area contributed by atoms with Crippen molar-refractivity contribution in [3.8, 4) is 5.75 Å². The van der Waals surface area contributed by atoms with Gasteiger partial charge >= 0.3 is 0 Å². The van der Waals surface area contributed by atoms with Crippen molar-refractivity contribution >= 4 is 16.8 Å². The Morgan fingerprint density at radius 3 is 2.66 bits per heavy atom. The number of aromatic nitrogens is 1. The van der Waals surface area contributed by atoms with Crippen molar-refractivity contribution in [2.75, 3.05) is 20.3 Å². The monoisotopic (exact) mass is 440 g/mol. The quantitative estimate of drug-likeness (QED) is 0.647. The predicted octanol–water partition coefficient (Wildman–Crippen LogP) is 2.86. The first-order valence-corrected chi connectivity index (χ1v) is 11.7. The Balaban J connectivity index is 1.52. The fourth-order valence-electron chi connectivity index (χ4n) is 6.90. The van der Waals surface area contributed by atoms with Crippen molar-refractivity contribution in [2.45, 2.75) is 63.1 Å². The zero-order valence-corrected chi connectivity index (χ0v) is 18.9. The van der Waals surface area contributed by atoms with Crippen molar-refractivity contribution in [3.05, 3.63) is 40.2 Å². The molecule has 1 aromatic carbocycles. The first-order valence-electron chi connectivity index (χ1n) is 11.7. The Kier molecular flexibility index (Phi) is 5.29. The van der Waals surface area contributed by atoms with Gasteiger partial charge in [0, 0.05) is 24.9 Å². The van der Waals surface area contributed by atoms with Crippen LogP contribution in [0.15, 0.2) is 29.2 Å². The third-order valence-electron chi connectivity index (χ3n) is 7.61. The van der Waals surface area contributed by atoms with Gasteiger partial charge in [0.25, 0.3) is 5.91 Å². The third-order valence-corrected chi connectivity index (χ3v) is 7.61. The van der Waals surface area contributed by atoms with Crippen LogP contribution in [0.3, 0.4) is 0 Å². The van der Waals surface area contributed by atoms with Crippen LogP contribution in [0.2, 0.25) is 0 Å². The molecule has 2 unspecified atom stereocenters. The Morgan fingerprint density at radius 2 is 2.00 bits per heavy atom. The number of nitrogens with one attached hydrogen (secondary N) is 1. The lowest BCUT2D eigenvalue weighted by molar-refractivity contribution is -0.139. The topological polar surface area (TPSA) is 89.8 Å². The molecule has 4 saturated carbocycles. The van der Waals surface area contributed by atoms with Crippen LogP contribution in [0, 0.1) is 11.8 Å². The Labute approximate surface area is 187 Å². The summed E-state index contributed by atoms with van der Waals surface area (Å²) < 4.78 is 12.9. The van der Waals surface area contributed by atoms with Crippen molar-refractivity contribution in [3.63, 3.8) is 0 Å². The number of amides is 1. The van der Waals surface area contributed by atoms with Gasteiger partial charge in [-0.25, -0.2) is 0 Å². The first-order chi connectivity index (χ1) is 15.4. The van der Waals surface area contributed by atoms with E-state index in [0.29, 0.717) is 54.7 Å². The highest BCUT2D eigenvalue weighted by Gasteiger charge is 2.57. The number of hydrogen-bond acceptors (Lipinski definition) is 5. The molecular weight excluding hydrogens is 408 g/mol. The number of nitrogens with zero attached hydrogens (tertiary/aromatic N) is 1. The van der Waals surface area contributed by atoms with Crippen LogP contribution < -0.4 is 15.5 Å². The van der Waals surface area contributed by atoms with Gasteiger partial charge in [-0.1, -0.05) is 6.07 Å². The number of aliphatic hydroxyl groups is 1. The second-order valence-electron chi connectivity index (χ2n) is 10.0. The summed E-state index contributed by atoms with van der Waals surface area (Å²) >= 11 is 0. The molecule has 7 nitrogen and oxygen atoms in total. The van der Waals surface area contributed by atoms with E-state index in [1.165, 1.54) is 0 Å². The van der Waals surface area contributed by atoms with E-state index in [4.69, 9.17) is 9.47 Å². The number of para-hydroxylation sites is 1. The first kappa shape index (κ1) is 21.5. The van der Waals surface area contributed by atoms with E-state index in [9.17, 15) is 14.7 Å². The van der Waals surface area contributed by atoms with Crippen molar-refractivity contribution in [1.29, 1.82) is 0 Å². The molecule has 0 spiro atoms. The average molecular weight is 441 g/mol. The molecule has 1 heterocycles. The van der Waals surface area contributed by atoms with E-state index < -0.39 is 11.1 Å². The number of carbonyl (C=O) groups is 1. The van der Waals surface area contributed by atoms with Gasteiger partial charge in [-0.3, -0.25) is 9.59 Å². The number of pyridine rings is 1. The van der Waals surface area contributed by atoms with Gasteiger partial charge < -0.3 is 24.5 Å². The van der Waals surface area contributed by atoms with Gasteiger partial charge in [0.2, 0.25) is 5.43 Å². The second-order valence-corrected chi connectivity index (χ2v) is 10.0. The van der Waals surface area contributed by atoms with Gasteiger partial charge in [-0.2, -0.15) is 0 Å². The van der Waals surface area contributed by atoms with Crippen LogP contribution in [0.5, 0.6) is 5.75 Å². The summed E-state index contributed by atoms with van der Waals surface area (Å²) in [5.74, 6) is 1.14. The van der Waals surface area contributed by atoms with Crippen LogP contribution in [0.4, 0.5) is 0 Å². The van der Waals surface area contributed by atoms with E-state index in [2.05, 4.69) is 5.32 Å². The average Bonchev–Trinajstić information content (AvgIpc) is 2.72. The lowest BCUT2D eigenvalue weighted by atomic mass is 9.51. The van der Waals surface area contributed by atoms with Crippen LogP contribution >= 0.6 is 0 Å². The maximum Gasteiger partial charge on any atom is 0.257 e. The minimum atomic E-state index is -0.675. The summed E-state index contributed by atoms with van der Waals surface area (Å²) in [6, 6.07) is 5.32. The molecule has 1 aromatic heterocycles. The summed E-state index contributed by atoms with van der Waals surface area (Å²) in [6.45, 7) is 3.49. The highest BCUT2D eigenvalue weighted by atomic mass is 16.5. The van der Waals surface area contributed by atoms with E-state index >= 15 is 0 Å². The summed E-state index contributed by atoms with van der Waals surface area (Å²) in [4.78, 5) is 26.8. The lowest BCUT2D eigenvalue weighted by Crippen LogP contribution is -2.65. The molecule has 6 rings (SSSR count). The Hall–Kier alpha value is -2.38. The highest BCUT2D eigenvalue weighted by molar-refractivity contribution is 5.98. The van der Waals surface area contributed by atoms with Crippen molar-refractivity contribution < 1.29 is 19.4 Å². The molecule has 4 fully saturated rings. The van der Waals surface area contributed by atoms with Gasteiger partial charge in [-0.15, -0.1) is 0 Å². The highest BCUT2D eigenvalue weighted by Crippen LogP contribution is 2.57. The maximum absolute atomic E-state index is 13.5. The smallest absolute Gasteiger partial charge is 0.257 e. The molecule has 2 N–H and O–H groups in total. The molecule has 4 aliphatic carbocycles. The van der Waals surface area contributed by atoms with Crippen molar-refractivity contribution in [1.82, 2.24) is 9.88 Å². The minimum absolute atomic E-state index is 0.130. The molecule has 4 bridgehead atoms. The lowest BCUT2D eigenvalue weighted by Gasteiger charge is -2.60. The normalized spacial score (nSPS) is 30.6. The SMILES string of the molecule is CCOCCn1cc(C(=O)NC23C[C@@H]4C[C@@H](CC(O)(C4)C2)C3)c(=O)c2cccc(OC)c21. The molecule has 32 heavy (non-hydrogen) atoms. The second kappa shape index (κ2) is 7.89. The number of carbonyl (C=O) groups excluding carboxylic acids is 1. The van der Waals surface area contributed by atoms with Gasteiger partial charge in [-0.05, 0) is 69.4 Å². The van der Waals surface area contributed by atoms with Gasteiger partial charge in [0.15, 0.2) is 0 Å². The van der Waals surface area contributed by atoms with Crippen LogP contribution in [-0.2, 0) is 11.3 Å². The fraction of sp³-hybridized carbons (Fsp3) is 0.600. The van der Waals surface area contributed by atoms with Gasteiger partial charge in [0.05, 0.1) is 30.2 Å². The molecule has 7 heteroatoms. The van der Waals surface area contributed by atoms with Crippen molar-refractivity contribution in [2.24, 2.45) is 11.8 Å². The molecule has 0 saturated heterocycles.